The van der Waals surface area contributed by atoms with Gasteiger partial charge >= 0.3 is 0 Å². The van der Waals surface area contributed by atoms with Crippen LogP contribution in [0.2, 0.25) is 0 Å². The summed E-state index contributed by atoms with van der Waals surface area (Å²) in [4.78, 5) is 4.87. The van der Waals surface area contributed by atoms with Gasteiger partial charge in [0, 0.05) is 40.6 Å². The van der Waals surface area contributed by atoms with E-state index in [1.807, 2.05) is 0 Å². The van der Waals surface area contributed by atoms with Crippen LogP contribution < -0.4 is 9.80 Å². The third-order valence-electron chi connectivity index (χ3n) is 12.1. The van der Waals surface area contributed by atoms with Crippen molar-refractivity contribution in [2.75, 3.05) is 16.8 Å². The van der Waals surface area contributed by atoms with Gasteiger partial charge in [-0.1, -0.05) is 156 Å². The number of allylic oxidation sites excluding steroid dienone is 8. The highest BCUT2D eigenvalue weighted by molar-refractivity contribution is 5.95. The van der Waals surface area contributed by atoms with Crippen molar-refractivity contribution < 1.29 is 0 Å². The zero-order chi connectivity index (χ0) is 38.3. The smallest absolute Gasteiger partial charge is 0.0525 e. The molecule has 0 atom stereocenters. The van der Waals surface area contributed by atoms with Crippen LogP contribution in [0.5, 0.6) is 0 Å². The normalized spacial score (nSPS) is 17.2. The van der Waals surface area contributed by atoms with Crippen LogP contribution in [0, 0.1) is 6.92 Å². The van der Waals surface area contributed by atoms with E-state index in [1.54, 1.807) is 0 Å². The fourth-order valence-corrected chi connectivity index (χ4v) is 9.24. The third kappa shape index (κ3) is 6.44. The Morgan fingerprint density at radius 1 is 0.709 bits per heavy atom. The minimum atomic E-state index is -0.268. The van der Waals surface area contributed by atoms with Crippen molar-refractivity contribution in [2.24, 2.45) is 0 Å². The lowest BCUT2D eigenvalue weighted by molar-refractivity contribution is 0.643. The SMILES string of the molecule is C=C(/C=C/C1=C(N(c2ccccc2)c2ccccc2)C(=C/C=C2/N(C)c3ccc4ccccc4c3C2(C)C)/CCC1)C(C)(C)c1c(C)ccc2ccccc12. The first-order valence-electron chi connectivity index (χ1n) is 19.7. The second-order valence-electron chi connectivity index (χ2n) is 16.3. The number of para-hydroxylation sites is 2. The molecule has 1 heterocycles. The Labute approximate surface area is 328 Å². The van der Waals surface area contributed by atoms with Crippen LogP contribution in [-0.2, 0) is 10.8 Å². The minimum Gasteiger partial charge on any atom is -0.347 e. The fourth-order valence-electron chi connectivity index (χ4n) is 9.24. The van der Waals surface area contributed by atoms with Crippen LogP contribution in [0.25, 0.3) is 21.5 Å². The average molecular weight is 717 g/mol. The van der Waals surface area contributed by atoms with Crippen molar-refractivity contribution in [3.63, 3.8) is 0 Å². The quantitative estimate of drug-likeness (QED) is 0.145. The molecular formula is C53H52N2. The zero-order valence-electron chi connectivity index (χ0n) is 33.2. The van der Waals surface area contributed by atoms with E-state index in [4.69, 9.17) is 6.58 Å². The molecule has 6 aromatic rings. The highest BCUT2D eigenvalue weighted by Gasteiger charge is 2.39. The summed E-state index contributed by atoms with van der Waals surface area (Å²) in [7, 11) is 2.23. The maximum Gasteiger partial charge on any atom is 0.0525 e. The molecule has 0 aromatic heterocycles. The Bertz CT molecular complexity index is 2500. The summed E-state index contributed by atoms with van der Waals surface area (Å²) >= 11 is 0. The molecule has 55 heavy (non-hydrogen) atoms. The molecule has 1 aliphatic heterocycles. The lowest BCUT2D eigenvalue weighted by Gasteiger charge is -2.34. The van der Waals surface area contributed by atoms with Gasteiger partial charge in [-0.2, -0.15) is 0 Å². The van der Waals surface area contributed by atoms with Gasteiger partial charge in [-0.15, -0.1) is 0 Å². The summed E-state index contributed by atoms with van der Waals surface area (Å²) < 4.78 is 0. The number of rotatable bonds is 8. The highest BCUT2D eigenvalue weighted by atomic mass is 15.2. The van der Waals surface area contributed by atoms with E-state index in [-0.39, 0.29) is 10.8 Å². The topological polar surface area (TPSA) is 6.48 Å². The van der Waals surface area contributed by atoms with Gasteiger partial charge in [0.05, 0.1) is 5.70 Å². The zero-order valence-corrected chi connectivity index (χ0v) is 33.2. The molecule has 0 radical (unpaired) electrons. The summed E-state index contributed by atoms with van der Waals surface area (Å²) in [5, 5.41) is 5.19. The first-order valence-corrected chi connectivity index (χ1v) is 19.7. The predicted molar refractivity (Wildman–Crippen MR) is 237 cm³/mol. The van der Waals surface area contributed by atoms with Gasteiger partial charge in [0.15, 0.2) is 0 Å². The lowest BCUT2D eigenvalue weighted by atomic mass is 9.74. The Kier molecular flexibility index (Phi) is 9.47. The molecule has 0 unspecified atom stereocenters. The summed E-state index contributed by atoms with van der Waals surface area (Å²) in [5.74, 6) is 0. The Morgan fingerprint density at radius 3 is 1.96 bits per heavy atom. The van der Waals surface area contributed by atoms with Crippen LogP contribution in [0.15, 0.2) is 192 Å². The number of fused-ring (bicyclic) bond motifs is 4. The second kappa shape index (κ2) is 14.4. The number of aryl methyl sites for hydroxylation is 1. The van der Waals surface area contributed by atoms with E-state index < -0.39 is 0 Å². The fraction of sp³-hybridized carbons (Fsp3) is 0.208. The van der Waals surface area contributed by atoms with E-state index in [1.165, 1.54) is 66.5 Å². The van der Waals surface area contributed by atoms with Crippen LogP contribution in [-0.4, -0.2) is 7.05 Å². The molecule has 0 saturated carbocycles. The van der Waals surface area contributed by atoms with Crippen molar-refractivity contribution in [3.8, 4) is 0 Å². The molecule has 6 aromatic carbocycles. The predicted octanol–water partition coefficient (Wildman–Crippen LogP) is 14.2. The standard InChI is InChI=1S/C53H52N2/c1-37-29-31-39-19-14-16-27-45(39)49(37)52(3,4)38(2)30-32-41-21-18-22-42(51(41)55(43-23-10-8-11-24-43)44-25-12-9-13-26-44)34-36-48-53(5,6)50-46-28-17-15-20-40(46)33-35-47(50)54(48)7/h8-17,19-20,23-36H,2,18,21-22H2,1,3-7H3/b32-30+,42-34+,48-36+. The van der Waals surface area contributed by atoms with Crippen molar-refractivity contribution in [2.45, 2.75) is 64.7 Å². The number of nitrogens with zero attached hydrogens (tertiary/aromatic N) is 2. The largest absolute Gasteiger partial charge is 0.347 e. The molecule has 1 aliphatic carbocycles. The van der Waals surface area contributed by atoms with Crippen molar-refractivity contribution in [3.05, 3.63) is 209 Å². The molecule has 2 heteroatoms. The number of benzene rings is 6. The second-order valence-corrected chi connectivity index (χ2v) is 16.3. The number of anilines is 3. The summed E-state index contributed by atoms with van der Waals surface area (Å²) in [6, 6.07) is 48.3. The van der Waals surface area contributed by atoms with E-state index in [2.05, 4.69) is 209 Å². The summed E-state index contributed by atoms with van der Waals surface area (Å²) in [6.45, 7) is 16.4. The Balaban J connectivity index is 1.27. The molecule has 2 aliphatic rings. The number of likely N-dealkylation sites (N-methyl/N-ethyl adjacent to an activating group) is 1. The summed E-state index contributed by atoms with van der Waals surface area (Å²) in [6.07, 6.45) is 12.5. The Hall–Kier alpha value is -5.86. The molecule has 0 fully saturated rings. The van der Waals surface area contributed by atoms with Gasteiger partial charge in [0.1, 0.15) is 0 Å². The first-order chi connectivity index (χ1) is 26.6. The van der Waals surface area contributed by atoms with Crippen LogP contribution >= 0.6 is 0 Å². The van der Waals surface area contributed by atoms with Crippen molar-refractivity contribution >= 4 is 38.6 Å². The summed E-state index contributed by atoms with van der Waals surface area (Å²) in [5.41, 5.74) is 13.5. The monoisotopic (exact) mass is 716 g/mol. The van der Waals surface area contributed by atoms with Crippen molar-refractivity contribution in [1.29, 1.82) is 0 Å². The highest BCUT2D eigenvalue weighted by Crippen LogP contribution is 2.50. The molecule has 0 spiro atoms. The van der Waals surface area contributed by atoms with Crippen LogP contribution in [0.3, 0.4) is 0 Å². The third-order valence-corrected chi connectivity index (χ3v) is 12.1. The van der Waals surface area contributed by atoms with Gasteiger partial charge < -0.3 is 9.80 Å². The average Bonchev–Trinajstić information content (AvgIpc) is 3.40. The molecule has 0 saturated heterocycles. The van der Waals surface area contributed by atoms with Crippen molar-refractivity contribution in [1.82, 2.24) is 0 Å². The van der Waals surface area contributed by atoms with E-state index in [0.717, 1.165) is 36.2 Å². The molecular weight excluding hydrogens is 665 g/mol. The van der Waals surface area contributed by atoms with Crippen LogP contribution in [0.4, 0.5) is 17.1 Å². The Morgan fingerprint density at radius 2 is 1.29 bits per heavy atom. The lowest BCUT2D eigenvalue weighted by Crippen LogP contribution is -2.24. The molecule has 0 amide bonds. The van der Waals surface area contributed by atoms with E-state index >= 15 is 0 Å². The van der Waals surface area contributed by atoms with Gasteiger partial charge in [-0.25, -0.2) is 0 Å². The maximum absolute atomic E-state index is 4.74. The molecule has 274 valence electrons. The minimum absolute atomic E-state index is 0.162. The molecule has 2 nitrogen and oxygen atoms in total. The van der Waals surface area contributed by atoms with Crippen LogP contribution in [0.1, 0.15) is 63.6 Å². The molecule has 8 rings (SSSR count). The van der Waals surface area contributed by atoms with Gasteiger partial charge in [0.2, 0.25) is 0 Å². The van der Waals surface area contributed by atoms with E-state index in [0.29, 0.717) is 0 Å². The molecule has 0 bridgehead atoms. The maximum atomic E-state index is 4.74. The molecule has 0 N–H and O–H groups in total. The first kappa shape index (κ1) is 36.1. The van der Waals surface area contributed by atoms with Gasteiger partial charge in [0.25, 0.3) is 0 Å². The van der Waals surface area contributed by atoms with E-state index in [9.17, 15) is 0 Å². The van der Waals surface area contributed by atoms with Gasteiger partial charge in [-0.3, -0.25) is 0 Å². The number of hydrogen-bond donors (Lipinski definition) is 0. The number of hydrogen-bond acceptors (Lipinski definition) is 2. The van der Waals surface area contributed by atoms with Gasteiger partial charge in [-0.05, 0) is 118 Å².